The molecule has 2 N–H and O–H groups in total. The average molecular weight is 254 g/mol. The van der Waals surface area contributed by atoms with Gasteiger partial charge in [0.2, 0.25) is 5.91 Å². The van der Waals surface area contributed by atoms with Crippen molar-refractivity contribution in [3.63, 3.8) is 0 Å². The molecule has 0 radical (unpaired) electrons. The standard InChI is InChI=1S/C13H16F2N2O/c1-13(5-6-16-8-13)17-12(18)7-9-10(14)3-2-4-11(9)15/h2-4,16H,5-8H2,1H3,(H,17,18). The molecule has 1 fully saturated rings. The lowest BCUT2D eigenvalue weighted by Crippen LogP contribution is -2.48. The van der Waals surface area contributed by atoms with E-state index in [4.69, 9.17) is 0 Å². The molecule has 1 aliphatic heterocycles. The highest BCUT2D eigenvalue weighted by molar-refractivity contribution is 5.79. The van der Waals surface area contributed by atoms with Crippen LogP contribution in [0.5, 0.6) is 0 Å². The molecule has 1 amide bonds. The quantitative estimate of drug-likeness (QED) is 0.855. The molecule has 0 spiro atoms. The zero-order valence-electron chi connectivity index (χ0n) is 10.2. The molecule has 18 heavy (non-hydrogen) atoms. The lowest BCUT2D eigenvalue weighted by Gasteiger charge is -2.24. The van der Waals surface area contributed by atoms with E-state index in [-0.39, 0.29) is 23.4 Å². The Morgan fingerprint density at radius 1 is 1.44 bits per heavy atom. The van der Waals surface area contributed by atoms with Crippen LogP contribution in [-0.4, -0.2) is 24.5 Å². The fraction of sp³-hybridized carbons (Fsp3) is 0.462. The maximum Gasteiger partial charge on any atom is 0.225 e. The molecule has 0 aromatic heterocycles. The Labute approximate surface area is 105 Å². The fourth-order valence-corrected chi connectivity index (χ4v) is 2.17. The highest BCUT2D eigenvalue weighted by Gasteiger charge is 2.30. The molecule has 1 aromatic carbocycles. The van der Waals surface area contributed by atoms with Gasteiger partial charge in [-0.05, 0) is 32.0 Å². The van der Waals surface area contributed by atoms with E-state index >= 15 is 0 Å². The third-order valence-corrected chi connectivity index (χ3v) is 3.21. The summed E-state index contributed by atoms with van der Waals surface area (Å²) in [5.41, 5.74) is -0.497. The highest BCUT2D eigenvalue weighted by atomic mass is 19.1. The van der Waals surface area contributed by atoms with Crippen molar-refractivity contribution in [2.24, 2.45) is 0 Å². The predicted molar refractivity (Wildman–Crippen MR) is 64.1 cm³/mol. The smallest absolute Gasteiger partial charge is 0.225 e. The Hall–Kier alpha value is -1.49. The van der Waals surface area contributed by atoms with Gasteiger partial charge in [-0.3, -0.25) is 4.79 Å². The topological polar surface area (TPSA) is 41.1 Å². The largest absolute Gasteiger partial charge is 0.349 e. The van der Waals surface area contributed by atoms with E-state index in [2.05, 4.69) is 10.6 Å². The van der Waals surface area contributed by atoms with E-state index in [1.54, 1.807) is 0 Å². The number of hydrogen-bond acceptors (Lipinski definition) is 2. The summed E-state index contributed by atoms with van der Waals surface area (Å²) in [6.07, 6.45) is 0.548. The molecule has 1 aromatic rings. The number of carbonyl (C=O) groups excluding carboxylic acids is 1. The number of benzene rings is 1. The summed E-state index contributed by atoms with van der Waals surface area (Å²) >= 11 is 0. The van der Waals surface area contributed by atoms with Gasteiger partial charge in [0.05, 0.1) is 12.0 Å². The molecule has 0 bridgehead atoms. The molecule has 98 valence electrons. The molecule has 1 saturated heterocycles. The fourth-order valence-electron chi connectivity index (χ4n) is 2.17. The summed E-state index contributed by atoms with van der Waals surface area (Å²) in [5, 5.41) is 5.97. The van der Waals surface area contributed by atoms with E-state index in [1.165, 1.54) is 6.07 Å². The van der Waals surface area contributed by atoms with Crippen molar-refractivity contribution in [2.75, 3.05) is 13.1 Å². The second-order valence-electron chi connectivity index (χ2n) is 4.91. The third kappa shape index (κ3) is 2.85. The molecule has 1 unspecified atom stereocenters. The van der Waals surface area contributed by atoms with Gasteiger partial charge >= 0.3 is 0 Å². The van der Waals surface area contributed by atoms with Gasteiger partial charge in [-0.15, -0.1) is 0 Å². The average Bonchev–Trinajstić information content (AvgIpc) is 2.70. The maximum absolute atomic E-state index is 13.4. The number of carbonyl (C=O) groups is 1. The number of hydrogen-bond donors (Lipinski definition) is 2. The van der Waals surface area contributed by atoms with Crippen molar-refractivity contribution in [1.29, 1.82) is 0 Å². The Morgan fingerprint density at radius 2 is 2.11 bits per heavy atom. The molecule has 2 rings (SSSR count). The van der Waals surface area contributed by atoms with E-state index < -0.39 is 11.6 Å². The summed E-state index contributed by atoms with van der Waals surface area (Å²) in [4.78, 5) is 11.8. The van der Waals surface area contributed by atoms with Crippen LogP contribution in [0.1, 0.15) is 18.9 Å². The summed E-state index contributed by atoms with van der Waals surface area (Å²) < 4.78 is 26.8. The van der Waals surface area contributed by atoms with Gasteiger partial charge in [-0.2, -0.15) is 0 Å². The van der Waals surface area contributed by atoms with Crippen molar-refractivity contribution < 1.29 is 13.6 Å². The van der Waals surface area contributed by atoms with Crippen LogP contribution >= 0.6 is 0 Å². The molecule has 0 saturated carbocycles. The van der Waals surface area contributed by atoms with Crippen LogP contribution in [0.4, 0.5) is 8.78 Å². The third-order valence-electron chi connectivity index (χ3n) is 3.21. The Kier molecular flexibility index (Phi) is 3.61. The maximum atomic E-state index is 13.4. The minimum absolute atomic E-state index is 0.176. The van der Waals surface area contributed by atoms with E-state index in [0.717, 1.165) is 25.1 Å². The molecule has 1 atom stereocenters. The van der Waals surface area contributed by atoms with E-state index in [1.807, 2.05) is 6.92 Å². The van der Waals surface area contributed by atoms with Gasteiger partial charge in [-0.25, -0.2) is 8.78 Å². The van der Waals surface area contributed by atoms with E-state index in [0.29, 0.717) is 6.54 Å². The zero-order chi connectivity index (χ0) is 13.2. The van der Waals surface area contributed by atoms with E-state index in [9.17, 15) is 13.6 Å². The van der Waals surface area contributed by atoms with Crippen molar-refractivity contribution >= 4 is 5.91 Å². The van der Waals surface area contributed by atoms with Crippen LogP contribution in [0.25, 0.3) is 0 Å². The first-order valence-corrected chi connectivity index (χ1v) is 5.95. The molecule has 3 nitrogen and oxygen atoms in total. The predicted octanol–water partition coefficient (Wildman–Crippen LogP) is 1.38. The van der Waals surface area contributed by atoms with Crippen LogP contribution in [0.3, 0.4) is 0 Å². The first-order valence-electron chi connectivity index (χ1n) is 5.95. The second kappa shape index (κ2) is 5.02. The van der Waals surface area contributed by atoms with Gasteiger partial charge in [0.1, 0.15) is 11.6 Å². The van der Waals surface area contributed by atoms with Crippen molar-refractivity contribution in [2.45, 2.75) is 25.3 Å². The number of nitrogens with one attached hydrogen (secondary N) is 2. The van der Waals surface area contributed by atoms with Crippen molar-refractivity contribution in [1.82, 2.24) is 10.6 Å². The Balaban J connectivity index is 2.03. The SMILES string of the molecule is CC1(NC(=O)Cc2c(F)cccc2F)CCNC1. The van der Waals surface area contributed by atoms with Gasteiger partial charge in [0, 0.05) is 12.1 Å². The number of rotatable bonds is 3. The Bertz CT molecular complexity index is 436. The number of halogens is 2. The molecule has 1 aliphatic rings. The molecule has 0 aliphatic carbocycles. The molecular formula is C13H16F2N2O. The molecular weight excluding hydrogens is 238 g/mol. The normalized spacial score (nSPS) is 23.1. The molecule has 5 heteroatoms. The van der Waals surface area contributed by atoms with Gasteiger partial charge in [0.25, 0.3) is 0 Å². The zero-order valence-corrected chi connectivity index (χ0v) is 10.2. The minimum Gasteiger partial charge on any atom is -0.349 e. The highest BCUT2D eigenvalue weighted by Crippen LogP contribution is 2.16. The van der Waals surface area contributed by atoms with Crippen LogP contribution in [0.2, 0.25) is 0 Å². The number of amides is 1. The summed E-state index contributed by atoms with van der Waals surface area (Å²) in [5.74, 6) is -1.72. The van der Waals surface area contributed by atoms with Gasteiger partial charge in [-0.1, -0.05) is 6.07 Å². The summed E-state index contributed by atoms with van der Waals surface area (Å²) in [7, 11) is 0. The molecule has 1 heterocycles. The first kappa shape index (κ1) is 13.0. The Morgan fingerprint density at radius 3 is 2.67 bits per heavy atom. The van der Waals surface area contributed by atoms with Crippen molar-refractivity contribution in [3.05, 3.63) is 35.4 Å². The summed E-state index contributed by atoms with van der Waals surface area (Å²) in [6.45, 7) is 3.44. The van der Waals surface area contributed by atoms with Crippen LogP contribution in [-0.2, 0) is 11.2 Å². The van der Waals surface area contributed by atoms with Crippen LogP contribution in [0, 0.1) is 11.6 Å². The van der Waals surface area contributed by atoms with Crippen LogP contribution < -0.4 is 10.6 Å². The van der Waals surface area contributed by atoms with Crippen molar-refractivity contribution in [3.8, 4) is 0 Å². The lowest BCUT2D eigenvalue weighted by molar-refractivity contribution is -0.122. The van der Waals surface area contributed by atoms with Gasteiger partial charge in [0.15, 0.2) is 0 Å². The van der Waals surface area contributed by atoms with Crippen LogP contribution in [0.15, 0.2) is 18.2 Å². The first-order chi connectivity index (χ1) is 8.50. The van der Waals surface area contributed by atoms with Gasteiger partial charge < -0.3 is 10.6 Å². The summed E-state index contributed by atoms with van der Waals surface area (Å²) in [6, 6.07) is 3.60. The second-order valence-corrected chi connectivity index (χ2v) is 4.91. The minimum atomic E-state index is -0.681. The lowest BCUT2D eigenvalue weighted by atomic mass is 10.0. The monoisotopic (exact) mass is 254 g/mol.